The Bertz CT molecular complexity index is 775. The van der Waals surface area contributed by atoms with Gasteiger partial charge in [-0.25, -0.2) is 0 Å². The molecule has 29 heavy (non-hydrogen) atoms. The van der Waals surface area contributed by atoms with Gasteiger partial charge in [-0.1, -0.05) is 37.6 Å². The summed E-state index contributed by atoms with van der Waals surface area (Å²) in [5, 5.41) is 6.08. The second-order valence-electron chi connectivity index (χ2n) is 7.04. The molecule has 1 unspecified atom stereocenters. The summed E-state index contributed by atoms with van der Waals surface area (Å²) in [5.74, 6) is 1.26. The van der Waals surface area contributed by atoms with E-state index >= 15 is 0 Å². The van der Waals surface area contributed by atoms with Gasteiger partial charge in [0, 0.05) is 6.61 Å². The molecular formula is C23H30N2O4. The number of hydrogen-bond donors (Lipinski definition) is 2. The van der Waals surface area contributed by atoms with Crippen LogP contribution in [0, 0.1) is 0 Å². The molecule has 1 aliphatic heterocycles. The zero-order chi connectivity index (χ0) is 20.3. The van der Waals surface area contributed by atoms with E-state index in [2.05, 4.69) is 17.6 Å². The van der Waals surface area contributed by atoms with Gasteiger partial charge in [0.1, 0.15) is 18.1 Å². The van der Waals surface area contributed by atoms with Crippen LogP contribution in [-0.2, 0) is 9.53 Å². The van der Waals surface area contributed by atoms with Gasteiger partial charge in [0.15, 0.2) is 0 Å². The largest absolute Gasteiger partial charge is 0.491 e. The third-order valence-corrected chi connectivity index (χ3v) is 4.69. The van der Waals surface area contributed by atoms with Gasteiger partial charge < -0.3 is 24.8 Å². The fourth-order valence-corrected chi connectivity index (χ4v) is 3.09. The highest BCUT2D eigenvalue weighted by Crippen LogP contribution is 2.26. The summed E-state index contributed by atoms with van der Waals surface area (Å²) in [5.41, 5.74) is 1.46. The third kappa shape index (κ3) is 6.68. The Morgan fingerprint density at radius 3 is 2.52 bits per heavy atom. The summed E-state index contributed by atoms with van der Waals surface area (Å²) in [4.78, 5) is 12.5. The van der Waals surface area contributed by atoms with Crippen LogP contribution in [-0.4, -0.2) is 38.4 Å². The predicted molar refractivity (Wildman–Crippen MR) is 115 cm³/mol. The minimum Gasteiger partial charge on any atom is -0.491 e. The van der Waals surface area contributed by atoms with Crippen molar-refractivity contribution >= 4 is 17.3 Å². The molecule has 1 aliphatic rings. The van der Waals surface area contributed by atoms with E-state index < -0.39 is 0 Å². The van der Waals surface area contributed by atoms with Crippen LogP contribution in [0.25, 0.3) is 0 Å². The maximum Gasteiger partial charge on any atom is 0.243 e. The van der Waals surface area contributed by atoms with Crippen LogP contribution in [0.1, 0.15) is 32.6 Å². The molecule has 2 aromatic rings. The Labute approximate surface area is 172 Å². The summed E-state index contributed by atoms with van der Waals surface area (Å²) < 4.78 is 17.3. The van der Waals surface area contributed by atoms with Crippen LogP contribution in [0.2, 0.25) is 0 Å². The first-order valence-corrected chi connectivity index (χ1v) is 10.3. The molecule has 156 valence electrons. The first-order chi connectivity index (χ1) is 14.3. The fraction of sp³-hybridized carbons (Fsp3) is 0.435. The highest BCUT2D eigenvalue weighted by atomic mass is 16.5. The van der Waals surface area contributed by atoms with E-state index in [-0.39, 0.29) is 18.6 Å². The average molecular weight is 399 g/mol. The zero-order valence-corrected chi connectivity index (χ0v) is 17.0. The number of amides is 1. The van der Waals surface area contributed by atoms with Crippen molar-refractivity contribution in [2.75, 3.05) is 37.0 Å². The molecule has 0 radical (unpaired) electrons. The van der Waals surface area contributed by atoms with E-state index in [1.807, 2.05) is 48.5 Å². The molecule has 0 aliphatic carbocycles. The normalized spacial score (nSPS) is 15.7. The maximum absolute atomic E-state index is 12.5. The number of carbonyl (C=O) groups is 1. The third-order valence-electron chi connectivity index (χ3n) is 4.69. The van der Waals surface area contributed by atoms with Crippen LogP contribution >= 0.6 is 0 Å². The molecule has 0 aromatic heterocycles. The van der Waals surface area contributed by atoms with E-state index in [9.17, 15) is 4.79 Å². The van der Waals surface area contributed by atoms with E-state index in [1.54, 1.807) is 0 Å². The molecular weight excluding hydrogens is 368 g/mol. The Morgan fingerprint density at radius 1 is 1.07 bits per heavy atom. The van der Waals surface area contributed by atoms with Crippen LogP contribution in [0.3, 0.4) is 0 Å². The number of rotatable bonds is 11. The molecule has 2 N–H and O–H groups in total. The molecule has 0 saturated carbocycles. The minimum atomic E-state index is -0.151. The molecule has 1 atom stereocenters. The Kier molecular flexibility index (Phi) is 8.19. The van der Waals surface area contributed by atoms with E-state index in [1.165, 1.54) is 0 Å². The predicted octanol–water partition coefficient (Wildman–Crippen LogP) is 4.47. The van der Waals surface area contributed by atoms with Crippen molar-refractivity contribution in [3.05, 3.63) is 48.5 Å². The summed E-state index contributed by atoms with van der Waals surface area (Å²) in [7, 11) is 0. The van der Waals surface area contributed by atoms with Gasteiger partial charge in [-0.3, -0.25) is 4.79 Å². The summed E-state index contributed by atoms with van der Waals surface area (Å²) >= 11 is 0. The first-order valence-electron chi connectivity index (χ1n) is 10.3. The number of anilines is 2. The summed E-state index contributed by atoms with van der Waals surface area (Å²) in [6.45, 7) is 4.21. The quantitative estimate of drug-likeness (QED) is 0.547. The molecule has 1 fully saturated rings. The van der Waals surface area contributed by atoms with Crippen LogP contribution in [0.4, 0.5) is 11.4 Å². The van der Waals surface area contributed by atoms with Crippen molar-refractivity contribution in [1.82, 2.24) is 0 Å². The van der Waals surface area contributed by atoms with E-state index in [4.69, 9.17) is 14.2 Å². The lowest BCUT2D eigenvalue weighted by Crippen LogP contribution is -2.23. The van der Waals surface area contributed by atoms with Gasteiger partial charge in [0.25, 0.3) is 0 Å². The average Bonchev–Trinajstić information content (AvgIpc) is 3.26. The fourth-order valence-electron chi connectivity index (χ4n) is 3.09. The number of carbonyl (C=O) groups excluding carboxylic acids is 1. The second kappa shape index (κ2) is 11.3. The molecule has 6 nitrogen and oxygen atoms in total. The maximum atomic E-state index is 12.5. The first kappa shape index (κ1) is 21.0. The van der Waals surface area contributed by atoms with E-state index in [0.717, 1.165) is 43.7 Å². The van der Waals surface area contributed by atoms with Crippen LogP contribution in [0.5, 0.6) is 11.5 Å². The van der Waals surface area contributed by atoms with Crippen LogP contribution < -0.4 is 20.1 Å². The molecule has 0 spiro atoms. The lowest BCUT2D eigenvalue weighted by atomic mass is 10.2. The number of benzene rings is 2. The van der Waals surface area contributed by atoms with Gasteiger partial charge in [-0.2, -0.15) is 0 Å². The molecule has 1 heterocycles. The van der Waals surface area contributed by atoms with Crippen molar-refractivity contribution in [3.63, 3.8) is 0 Å². The van der Waals surface area contributed by atoms with Crippen LogP contribution in [0.15, 0.2) is 48.5 Å². The number of hydrogen-bond acceptors (Lipinski definition) is 5. The molecule has 2 aromatic carbocycles. The zero-order valence-electron chi connectivity index (χ0n) is 17.0. The Balaban J connectivity index is 1.52. The standard InChI is InChI=1S/C23H30N2O4/c1-2-3-14-28-21-12-6-4-10-19(21)24-16-23(26)25-20-11-5-7-13-22(20)29-17-18-9-8-15-27-18/h4-7,10-13,18,24H,2-3,8-9,14-17H2,1H3,(H,25,26). The topological polar surface area (TPSA) is 68.8 Å². The lowest BCUT2D eigenvalue weighted by molar-refractivity contribution is -0.114. The summed E-state index contributed by atoms with van der Waals surface area (Å²) in [6.07, 6.45) is 4.29. The van der Waals surface area contributed by atoms with Gasteiger partial charge >= 0.3 is 0 Å². The molecule has 1 saturated heterocycles. The van der Waals surface area contributed by atoms with Crippen molar-refractivity contribution in [2.24, 2.45) is 0 Å². The van der Waals surface area contributed by atoms with Crippen molar-refractivity contribution in [2.45, 2.75) is 38.7 Å². The molecule has 1 amide bonds. The number of unbranched alkanes of at least 4 members (excludes halogenated alkanes) is 1. The highest BCUT2D eigenvalue weighted by Gasteiger charge is 2.17. The second-order valence-corrected chi connectivity index (χ2v) is 7.04. The Morgan fingerprint density at radius 2 is 1.79 bits per heavy atom. The lowest BCUT2D eigenvalue weighted by Gasteiger charge is -2.16. The molecule has 3 rings (SSSR count). The monoisotopic (exact) mass is 398 g/mol. The number of ether oxygens (including phenoxy) is 3. The molecule has 0 bridgehead atoms. The van der Waals surface area contributed by atoms with Crippen molar-refractivity contribution in [3.8, 4) is 11.5 Å². The molecule has 6 heteroatoms. The smallest absolute Gasteiger partial charge is 0.243 e. The van der Waals surface area contributed by atoms with Gasteiger partial charge in [0.2, 0.25) is 5.91 Å². The van der Waals surface area contributed by atoms with Crippen molar-refractivity contribution < 1.29 is 19.0 Å². The highest BCUT2D eigenvalue weighted by molar-refractivity contribution is 5.95. The van der Waals surface area contributed by atoms with Gasteiger partial charge in [-0.05, 0) is 43.5 Å². The number of para-hydroxylation sites is 4. The van der Waals surface area contributed by atoms with E-state index in [0.29, 0.717) is 24.7 Å². The van der Waals surface area contributed by atoms with Gasteiger partial charge in [0.05, 0.1) is 30.6 Å². The minimum absolute atomic E-state index is 0.129. The number of nitrogens with one attached hydrogen (secondary N) is 2. The Hall–Kier alpha value is -2.73. The van der Waals surface area contributed by atoms with Gasteiger partial charge in [-0.15, -0.1) is 0 Å². The SMILES string of the molecule is CCCCOc1ccccc1NCC(=O)Nc1ccccc1OCC1CCCO1. The van der Waals surface area contributed by atoms with Crippen molar-refractivity contribution in [1.29, 1.82) is 0 Å². The summed E-state index contributed by atoms with van der Waals surface area (Å²) in [6, 6.07) is 15.1.